The van der Waals surface area contributed by atoms with Gasteiger partial charge in [-0.15, -0.1) is 0 Å². The predicted octanol–water partition coefficient (Wildman–Crippen LogP) is 6.48. The van der Waals surface area contributed by atoms with E-state index in [1.165, 1.54) is 5.56 Å². The predicted molar refractivity (Wildman–Crippen MR) is 119 cm³/mol. The summed E-state index contributed by atoms with van der Waals surface area (Å²) in [6, 6.07) is 22.8. The zero-order valence-electron chi connectivity index (χ0n) is 16.5. The molecule has 0 bridgehead atoms. The first-order valence-corrected chi connectivity index (χ1v) is 9.67. The summed E-state index contributed by atoms with van der Waals surface area (Å²) in [7, 11) is 0. The van der Waals surface area contributed by atoms with Gasteiger partial charge in [0.2, 0.25) is 0 Å². The van der Waals surface area contributed by atoms with Crippen molar-refractivity contribution < 1.29 is 0 Å². The highest BCUT2D eigenvalue weighted by molar-refractivity contribution is 5.95. The second kappa shape index (κ2) is 8.08. The van der Waals surface area contributed by atoms with E-state index in [1.807, 2.05) is 42.6 Å². The van der Waals surface area contributed by atoms with E-state index in [2.05, 4.69) is 60.2 Å². The van der Waals surface area contributed by atoms with Crippen molar-refractivity contribution in [1.82, 2.24) is 9.97 Å². The fourth-order valence-corrected chi connectivity index (χ4v) is 3.43. The number of benzene rings is 2. The molecule has 29 heavy (non-hydrogen) atoms. The Labute approximate surface area is 171 Å². The number of fused-ring (bicyclic) bond motifs is 1. The van der Waals surface area contributed by atoms with Crippen LogP contribution in [-0.4, -0.2) is 9.97 Å². The van der Waals surface area contributed by atoms with Gasteiger partial charge in [-0.3, -0.25) is 9.97 Å². The van der Waals surface area contributed by atoms with Crippen LogP contribution in [0, 0.1) is 11.3 Å². The largest absolute Gasteiger partial charge is 0.264 e. The Morgan fingerprint density at radius 2 is 1.86 bits per heavy atom. The molecule has 3 nitrogen and oxygen atoms in total. The van der Waals surface area contributed by atoms with Crippen LogP contribution in [0.25, 0.3) is 33.7 Å². The van der Waals surface area contributed by atoms with E-state index in [9.17, 15) is 5.26 Å². The fraction of sp³-hybridized carbons (Fsp3) is 0.115. The van der Waals surface area contributed by atoms with Crippen LogP contribution in [0.4, 0.5) is 0 Å². The van der Waals surface area contributed by atoms with E-state index in [1.54, 1.807) is 12.4 Å². The number of hydrogen-bond donors (Lipinski definition) is 0. The molecule has 0 fully saturated rings. The summed E-state index contributed by atoms with van der Waals surface area (Å²) >= 11 is 0. The number of allylic oxidation sites excluding steroid dienone is 1. The van der Waals surface area contributed by atoms with E-state index < -0.39 is 0 Å². The van der Waals surface area contributed by atoms with Gasteiger partial charge in [0.05, 0.1) is 17.2 Å². The van der Waals surface area contributed by atoms with Crippen molar-refractivity contribution in [3.63, 3.8) is 0 Å². The molecule has 0 saturated carbocycles. The van der Waals surface area contributed by atoms with Crippen molar-refractivity contribution in [3.8, 4) is 17.2 Å². The van der Waals surface area contributed by atoms with Crippen molar-refractivity contribution in [2.24, 2.45) is 0 Å². The molecule has 4 aromatic rings. The maximum Gasteiger partial charge on any atom is 0.0998 e. The molecule has 0 atom stereocenters. The van der Waals surface area contributed by atoms with Gasteiger partial charge in [0.25, 0.3) is 0 Å². The third-order valence-corrected chi connectivity index (χ3v) is 5.00. The monoisotopic (exact) mass is 375 g/mol. The summed E-state index contributed by atoms with van der Waals surface area (Å²) in [5.41, 5.74) is 6.86. The average molecular weight is 375 g/mol. The van der Waals surface area contributed by atoms with Gasteiger partial charge >= 0.3 is 0 Å². The van der Waals surface area contributed by atoms with Gasteiger partial charge in [-0.2, -0.15) is 5.26 Å². The molecular formula is C26H21N3. The van der Waals surface area contributed by atoms with Crippen molar-refractivity contribution in [2.45, 2.75) is 19.8 Å². The first-order valence-electron chi connectivity index (χ1n) is 9.67. The first-order chi connectivity index (χ1) is 14.2. The molecule has 0 radical (unpaired) electrons. The zero-order valence-corrected chi connectivity index (χ0v) is 16.5. The Morgan fingerprint density at radius 1 is 1.00 bits per heavy atom. The molecule has 0 aliphatic heterocycles. The molecule has 2 heterocycles. The lowest BCUT2D eigenvalue weighted by Gasteiger charge is -2.13. The summed E-state index contributed by atoms with van der Waals surface area (Å²) < 4.78 is 0. The Balaban J connectivity index is 1.84. The van der Waals surface area contributed by atoms with Crippen LogP contribution in [0.1, 0.15) is 36.5 Å². The third kappa shape index (κ3) is 3.93. The van der Waals surface area contributed by atoms with Gasteiger partial charge in [0, 0.05) is 35.1 Å². The lowest BCUT2D eigenvalue weighted by Crippen LogP contribution is -1.92. The van der Waals surface area contributed by atoms with Crippen molar-refractivity contribution in [1.29, 1.82) is 5.26 Å². The SMILES string of the molecule is CC(C)c1cc(-c2cccc(C=C(C#N)c3cccnc3)c2)c2ncccc2c1. The number of hydrogen-bond acceptors (Lipinski definition) is 3. The third-order valence-electron chi connectivity index (χ3n) is 5.00. The number of pyridine rings is 2. The van der Waals surface area contributed by atoms with E-state index in [4.69, 9.17) is 0 Å². The summed E-state index contributed by atoms with van der Waals surface area (Å²) in [6.45, 7) is 4.40. The molecule has 0 spiro atoms. The van der Waals surface area contributed by atoms with Crippen LogP contribution in [0.2, 0.25) is 0 Å². The summed E-state index contributed by atoms with van der Waals surface area (Å²) in [6.07, 6.45) is 7.16. The quantitative estimate of drug-likeness (QED) is 0.383. The molecule has 2 aromatic heterocycles. The van der Waals surface area contributed by atoms with Crippen LogP contribution >= 0.6 is 0 Å². The fourth-order valence-electron chi connectivity index (χ4n) is 3.43. The maximum atomic E-state index is 9.61. The zero-order chi connectivity index (χ0) is 20.2. The van der Waals surface area contributed by atoms with Crippen LogP contribution in [0.15, 0.2) is 79.3 Å². The maximum absolute atomic E-state index is 9.61. The van der Waals surface area contributed by atoms with Crippen LogP contribution in [0.3, 0.4) is 0 Å². The molecule has 4 rings (SSSR count). The minimum absolute atomic E-state index is 0.428. The average Bonchev–Trinajstić information content (AvgIpc) is 2.77. The van der Waals surface area contributed by atoms with Gasteiger partial charge in [0.1, 0.15) is 0 Å². The summed E-state index contributed by atoms with van der Waals surface area (Å²) in [5, 5.41) is 10.8. The van der Waals surface area contributed by atoms with E-state index in [0.717, 1.165) is 33.2 Å². The molecule has 3 heteroatoms. The summed E-state index contributed by atoms with van der Waals surface area (Å²) in [5.74, 6) is 0.428. The highest BCUT2D eigenvalue weighted by Crippen LogP contribution is 2.32. The molecule has 0 amide bonds. The van der Waals surface area contributed by atoms with E-state index in [0.29, 0.717) is 11.5 Å². The highest BCUT2D eigenvalue weighted by atomic mass is 14.6. The molecule has 0 aliphatic carbocycles. The molecule has 0 N–H and O–H groups in total. The number of rotatable bonds is 4. The van der Waals surface area contributed by atoms with Gasteiger partial charge in [-0.1, -0.05) is 44.2 Å². The number of nitriles is 1. The highest BCUT2D eigenvalue weighted by Gasteiger charge is 2.10. The van der Waals surface area contributed by atoms with E-state index >= 15 is 0 Å². The molecular weight excluding hydrogens is 354 g/mol. The number of aromatic nitrogens is 2. The lowest BCUT2D eigenvalue weighted by molar-refractivity contribution is 0.869. The minimum atomic E-state index is 0.428. The Morgan fingerprint density at radius 3 is 2.62 bits per heavy atom. The topological polar surface area (TPSA) is 49.6 Å². The number of nitrogens with zero attached hydrogens (tertiary/aromatic N) is 3. The summed E-state index contributed by atoms with van der Waals surface area (Å²) in [4.78, 5) is 8.76. The molecule has 2 aromatic carbocycles. The van der Waals surface area contributed by atoms with Gasteiger partial charge in [0.15, 0.2) is 0 Å². The molecule has 0 aliphatic rings. The Bertz CT molecular complexity index is 1230. The second-order valence-electron chi connectivity index (χ2n) is 7.34. The second-order valence-corrected chi connectivity index (χ2v) is 7.34. The Hall–Kier alpha value is -3.77. The van der Waals surface area contributed by atoms with Crippen LogP contribution < -0.4 is 0 Å². The van der Waals surface area contributed by atoms with Crippen LogP contribution in [-0.2, 0) is 0 Å². The standard InChI is InChI=1S/C26H21N3/c1-18(2)23-14-21-8-5-11-29-26(21)25(15-23)20-7-3-6-19(12-20)13-24(16-27)22-9-4-10-28-17-22/h3-15,17-18H,1-2H3. The van der Waals surface area contributed by atoms with Crippen molar-refractivity contribution in [2.75, 3.05) is 0 Å². The molecule has 0 saturated heterocycles. The normalized spacial score (nSPS) is 11.6. The smallest absolute Gasteiger partial charge is 0.0998 e. The van der Waals surface area contributed by atoms with Crippen LogP contribution in [0.5, 0.6) is 0 Å². The van der Waals surface area contributed by atoms with Crippen molar-refractivity contribution in [3.05, 3.63) is 95.9 Å². The minimum Gasteiger partial charge on any atom is -0.264 e. The lowest BCUT2D eigenvalue weighted by atomic mass is 9.93. The Kier molecular flexibility index (Phi) is 5.18. The first kappa shape index (κ1) is 18.6. The van der Waals surface area contributed by atoms with Gasteiger partial charge in [-0.05, 0) is 59.0 Å². The van der Waals surface area contributed by atoms with Crippen molar-refractivity contribution >= 4 is 22.6 Å². The van der Waals surface area contributed by atoms with Gasteiger partial charge < -0.3 is 0 Å². The molecule has 140 valence electrons. The van der Waals surface area contributed by atoms with E-state index in [-0.39, 0.29) is 0 Å². The van der Waals surface area contributed by atoms with Gasteiger partial charge in [-0.25, -0.2) is 0 Å². The molecule has 0 unspecified atom stereocenters.